The highest BCUT2D eigenvalue weighted by Crippen LogP contribution is 2.42. The molecule has 2 aliphatic rings. The van der Waals surface area contributed by atoms with Crippen LogP contribution in [0, 0.1) is 0 Å². The molecule has 0 radical (unpaired) electrons. The van der Waals surface area contributed by atoms with Gasteiger partial charge in [-0.2, -0.15) is 0 Å². The van der Waals surface area contributed by atoms with Gasteiger partial charge in [-0.1, -0.05) is 71.2 Å². The quantitative estimate of drug-likeness (QED) is 0.444. The van der Waals surface area contributed by atoms with E-state index in [0.717, 1.165) is 53.7 Å². The Bertz CT molecular complexity index is 1050. The van der Waals surface area contributed by atoms with E-state index in [1.165, 1.54) is 12.0 Å². The zero-order valence-electron chi connectivity index (χ0n) is 20.3. The number of halogens is 1. The van der Waals surface area contributed by atoms with E-state index in [1.807, 2.05) is 41.3 Å². The molecule has 186 valence electrons. The third kappa shape index (κ3) is 7.45. The van der Waals surface area contributed by atoms with Crippen molar-refractivity contribution in [2.24, 2.45) is 0 Å². The molecule has 7 heteroatoms. The molecule has 0 bridgehead atoms. The minimum absolute atomic E-state index is 0.0201. The number of hydrogen-bond acceptors (Lipinski definition) is 4. The molecule has 2 aromatic carbocycles. The first-order valence-corrected chi connectivity index (χ1v) is 14.1. The van der Waals surface area contributed by atoms with Gasteiger partial charge in [0.15, 0.2) is 0 Å². The molecule has 1 aliphatic heterocycles. The van der Waals surface area contributed by atoms with Crippen molar-refractivity contribution >= 4 is 45.6 Å². The van der Waals surface area contributed by atoms with E-state index in [2.05, 4.69) is 57.5 Å². The summed E-state index contributed by atoms with van der Waals surface area (Å²) in [5, 5.41) is 3.40. The van der Waals surface area contributed by atoms with Crippen molar-refractivity contribution in [1.82, 2.24) is 15.1 Å². The summed E-state index contributed by atoms with van der Waals surface area (Å²) in [6.45, 7) is 2.43. The van der Waals surface area contributed by atoms with Gasteiger partial charge in [0.2, 0.25) is 5.91 Å². The van der Waals surface area contributed by atoms with Crippen molar-refractivity contribution in [3.63, 3.8) is 0 Å². The monoisotopic (exact) mass is 555 g/mol. The number of nitrogens with zero attached hydrogens (tertiary/aromatic N) is 2. The second-order valence-electron chi connectivity index (χ2n) is 9.39. The highest BCUT2D eigenvalue weighted by Gasteiger charge is 2.41. The number of likely N-dealkylation sites (N-methyl/N-ethyl adjacent to an activating group) is 1. The number of carbonyl (C=O) groups excluding carboxylic acids is 2. The van der Waals surface area contributed by atoms with E-state index in [9.17, 15) is 9.59 Å². The minimum atomic E-state index is -0.0761. The fraction of sp³-hybridized carbons (Fsp3) is 0.429. The summed E-state index contributed by atoms with van der Waals surface area (Å²) >= 11 is 5.21. The van der Waals surface area contributed by atoms with Gasteiger partial charge in [0, 0.05) is 35.4 Å². The first kappa shape index (κ1) is 26.0. The molecule has 2 unspecified atom stereocenters. The Balaban J connectivity index is 1.32. The fourth-order valence-electron chi connectivity index (χ4n) is 4.78. The Morgan fingerprint density at radius 1 is 1.14 bits per heavy atom. The number of benzene rings is 2. The van der Waals surface area contributed by atoms with Crippen LogP contribution in [-0.4, -0.2) is 66.1 Å². The van der Waals surface area contributed by atoms with E-state index in [1.54, 1.807) is 11.8 Å². The van der Waals surface area contributed by atoms with Crippen LogP contribution in [0.25, 0.3) is 6.08 Å². The lowest BCUT2D eigenvalue weighted by Crippen LogP contribution is -2.54. The highest BCUT2D eigenvalue weighted by molar-refractivity contribution is 9.10. The molecule has 4 rings (SSSR count). The number of amides is 2. The van der Waals surface area contributed by atoms with Gasteiger partial charge in [-0.25, -0.2) is 0 Å². The van der Waals surface area contributed by atoms with Crippen LogP contribution in [0.2, 0.25) is 0 Å². The molecule has 1 aliphatic carbocycles. The fourth-order valence-corrected chi connectivity index (χ4v) is 6.67. The molecule has 0 spiro atoms. The van der Waals surface area contributed by atoms with Crippen molar-refractivity contribution in [3.8, 4) is 0 Å². The molecule has 1 saturated carbocycles. The van der Waals surface area contributed by atoms with Gasteiger partial charge >= 0.3 is 0 Å². The van der Waals surface area contributed by atoms with Crippen LogP contribution < -0.4 is 5.32 Å². The van der Waals surface area contributed by atoms with Gasteiger partial charge in [0.05, 0.1) is 4.91 Å². The van der Waals surface area contributed by atoms with Crippen molar-refractivity contribution in [2.75, 3.05) is 33.2 Å². The standard InChI is InChI=1S/C28H34BrN3O2S/c1-31(16-14-21-8-3-2-4-9-21)17-15-30-27(33)20-32-24-12-5-6-13-25(24)35-26(28(32)34)19-22-10-7-11-23(29)18-22/h2-4,7-11,18-19,24-25H,5-6,12-17,20H2,1H3,(H,30,33)/b26-19+. The van der Waals surface area contributed by atoms with Crippen LogP contribution in [0.1, 0.15) is 36.8 Å². The number of carbonyl (C=O) groups is 2. The third-order valence-electron chi connectivity index (χ3n) is 6.72. The lowest BCUT2D eigenvalue weighted by atomic mass is 9.93. The molecule has 2 fully saturated rings. The van der Waals surface area contributed by atoms with Gasteiger partial charge < -0.3 is 15.1 Å². The average Bonchev–Trinajstić information content (AvgIpc) is 2.86. The first-order valence-electron chi connectivity index (χ1n) is 12.4. The van der Waals surface area contributed by atoms with E-state index in [-0.39, 0.29) is 24.4 Å². The predicted molar refractivity (Wildman–Crippen MR) is 148 cm³/mol. The van der Waals surface area contributed by atoms with Gasteiger partial charge in [-0.3, -0.25) is 9.59 Å². The first-order chi connectivity index (χ1) is 17.0. The summed E-state index contributed by atoms with van der Waals surface area (Å²) < 4.78 is 0.987. The lowest BCUT2D eigenvalue weighted by molar-refractivity contribution is -0.135. The largest absolute Gasteiger partial charge is 0.353 e. The molecule has 2 aromatic rings. The molecule has 1 saturated heterocycles. The second-order valence-corrected chi connectivity index (χ2v) is 11.6. The maximum Gasteiger partial charge on any atom is 0.261 e. The topological polar surface area (TPSA) is 52.7 Å². The highest BCUT2D eigenvalue weighted by atomic mass is 79.9. The Kier molecular flexibility index (Phi) is 9.46. The van der Waals surface area contributed by atoms with Crippen LogP contribution in [0.4, 0.5) is 0 Å². The van der Waals surface area contributed by atoms with Gasteiger partial charge in [0.1, 0.15) is 6.54 Å². The number of nitrogens with one attached hydrogen (secondary N) is 1. The van der Waals surface area contributed by atoms with Crippen molar-refractivity contribution < 1.29 is 9.59 Å². The predicted octanol–water partition coefficient (Wildman–Crippen LogP) is 4.97. The number of fused-ring (bicyclic) bond motifs is 1. The Hall–Kier alpha value is -2.09. The molecular formula is C28H34BrN3O2S. The third-order valence-corrected chi connectivity index (χ3v) is 8.61. The Morgan fingerprint density at radius 3 is 2.74 bits per heavy atom. The smallest absolute Gasteiger partial charge is 0.261 e. The zero-order chi connectivity index (χ0) is 24.6. The SMILES string of the molecule is CN(CCNC(=O)CN1C(=O)/C(=C\c2cccc(Br)c2)SC2CCCCC21)CCc1ccccc1. The molecule has 2 atom stereocenters. The maximum absolute atomic E-state index is 13.4. The summed E-state index contributed by atoms with van der Waals surface area (Å²) in [6.07, 6.45) is 7.31. The van der Waals surface area contributed by atoms with E-state index in [4.69, 9.17) is 0 Å². The number of thioether (sulfide) groups is 1. The van der Waals surface area contributed by atoms with Crippen LogP contribution in [-0.2, 0) is 16.0 Å². The number of hydrogen-bond donors (Lipinski definition) is 1. The van der Waals surface area contributed by atoms with Crippen molar-refractivity contribution in [3.05, 3.63) is 75.1 Å². The molecular weight excluding hydrogens is 522 g/mol. The summed E-state index contributed by atoms with van der Waals surface area (Å²) in [5.41, 5.74) is 2.31. The van der Waals surface area contributed by atoms with Crippen molar-refractivity contribution in [2.45, 2.75) is 43.4 Å². The second kappa shape index (κ2) is 12.7. The van der Waals surface area contributed by atoms with Gasteiger partial charge in [0.25, 0.3) is 5.91 Å². The normalized spacial score (nSPS) is 21.3. The average molecular weight is 557 g/mol. The van der Waals surface area contributed by atoms with E-state index < -0.39 is 0 Å². The minimum Gasteiger partial charge on any atom is -0.353 e. The lowest BCUT2D eigenvalue weighted by Gasteiger charge is -2.43. The summed E-state index contributed by atoms with van der Waals surface area (Å²) in [7, 11) is 2.08. The maximum atomic E-state index is 13.4. The summed E-state index contributed by atoms with van der Waals surface area (Å²) in [6, 6.07) is 18.5. The summed E-state index contributed by atoms with van der Waals surface area (Å²) in [4.78, 5) is 31.1. The number of rotatable bonds is 9. The van der Waals surface area contributed by atoms with E-state index in [0.29, 0.717) is 11.8 Å². The van der Waals surface area contributed by atoms with Gasteiger partial charge in [-0.15, -0.1) is 11.8 Å². The zero-order valence-corrected chi connectivity index (χ0v) is 22.7. The van der Waals surface area contributed by atoms with Crippen LogP contribution in [0.15, 0.2) is 64.0 Å². The summed E-state index contributed by atoms with van der Waals surface area (Å²) in [5.74, 6) is -0.0962. The van der Waals surface area contributed by atoms with E-state index >= 15 is 0 Å². The molecule has 5 nitrogen and oxygen atoms in total. The van der Waals surface area contributed by atoms with Gasteiger partial charge in [-0.05, 0) is 55.6 Å². The van der Waals surface area contributed by atoms with Crippen molar-refractivity contribution in [1.29, 1.82) is 0 Å². The Morgan fingerprint density at radius 2 is 1.94 bits per heavy atom. The van der Waals surface area contributed by atoms with Crippen LogP contribution in [0.3, 0.4) is 0 Å². The molecule has 35 heavy (non-hydrogen) atoms. The van der Waals surface area contributed by atoms with Crippen LogP contribution >= 0.6 is 27.7 Å². The molecule has 0 aromatic heterocycles. The molecule has 1 heterocycles. The Labute approximate surface area is 221 Å². The molecule has 1 N–H and O–H groups in total. The molecule has 2 amide bonds. The van der Waals surface area contributed by atoms with Crippen LogP contribution in [0.5, 0.6) is 0 Å².